The Balaban J connectivity index is 1.94. The van der Waals surface area contributed by atoms with Crippen molar-refractivity contribution in [2.45, 2.75) is 45.0 Å². The first-order valence-electron chi connectivity index (χ1n) is 6.39. The Labute approximate surface area is 117 Å². The molecule has 1 aromatic heterocycles. The predicted octanol–water partition coefficient (Wildman–Crippen LogP) is 3.07. The molecule has 18 heavy (non-hydrogen) atoms. The van der Waals surface area contributed by atoms with Gasteiger partial charge in [0.25, 0.3) is 0 Å². The third-order valence-electron chi connectivity index (χ3n) is 3.13. The van der Waals surface area contributed by atoms with Crippen molar-refractivity contribution in [3.05, 3.63) is 16.1 Å². The van der Waals surface area contributed by atoms with E-state index in [4.69, 9.17) is 11.6 Å². The van der Waals surface area contributed by atoms with Gasteiger partial charge in [0.2, 0.25) is 5.91 Å². The SMILES string of the molecule is CC(C)N(CC1CC1)C(=O)Cc1nc(CCl)cs1. The fraction of sp³-hybridized carbons (Fsp3) is 0.692. The molecule has 3 nitrogen and oxygen atoms in total. The standard InChI is InChI=1S/C13H19ClN2OS/c1-9(2)16(7-10-3-4-10)13(17)5-12-15-11(6-14)8-18-12/h8-10H,3-7H2,1-2H3. The fourth-order valence-electron chi connectivity index (χ4n) is 1.90. The topological polar surface area (TPSA) is 33.2 Å². The first kappa shape index (κ1) is 13.8. The van der Waals surface area contributed by atoms with E-state index < -0.39 is 0 Å². The second-order valence-electron chi connectivity index (χ2n) is 5.13. The molecule has 1 amide bonds. The summed E-state index contributed by atoms with van der Waals surface area (Å²) in [5, 5.41) is 2.80. The third kappa shape index (κ3) is 3.69. The molecule has 0 aromatic carbocycles. The van der Waals surface area contributed by atoms with Crippen LogP contribution >= 0.6 is 22.9 Å². The van der Waals surface area contributed by atoms with Gasteiger partial charge >= 0.3 is 0 Å². The summed E-state index contributed by atoms with van der Waals surface area (Å²) in [6.45, 7) is 5.06. The first-order chi connectivity index (χ1) is 8.60. The zero-order valence-electron chi connectivity index (χ0n) is 10.9. The van der Waals surface area contributed by atoms with Crippen molar-refractivity contribution >= 4 is 28.8 Å². The molecule has 1 aromatic rings. The van der Waals surface area contributed by atoms with E-state index in [1.54, 1.807) is 0 Å². The van der Waals surface area contributed by atoms with Crippen LogP contribution in [0.3, 0.4) is 0 Å². The lowest BCUT2D eigenvalue weighted by atomic mass is 10.2. The van der Waals surface area contributed by atoms with Crippen LogP contribution in [0.15, 0.2) is 5.38 Å². The number of amides is 1. The average Bonchev–Trinajstić information content (AvgIpc) is 3.04. The number of aromatic nitrogens is 1. The number of rotatable bonds is 6. The number of carbonyl (C=O) groups excluding carboxylic acids is 1. The molecule has 1 aliphatic rings. The Morgan fingerprint density at radius 3 is 2.83 bits per heavy atom. The van der Waals surface area contributed by atoms with Gasteiger partial charge in [0, 0.05) is 18.0 Å². The van der Waals surface area contributed by atoms with Gasteiger partial charge in [0.05, 0.1) is 18.0 Å². The van der Waals surface area contributed by atoms with Gasteiger partial charge in [-0.15, -0.1) is 22.9 Å². The highest BCUT2D eigenvalue weighted by Gasteiger charge is 2.28. The Kier molecular flexibility index (Phi) is 4.62. The maximum absolute atomic E-state index is 12.3. The van der Waals surface area contributed by atoms with Crippen LogP contribution in [0, 0.1) is 5.92 Å². The van der Waals surface area contributed by atoms with E-state index in [9.17, 15) is 4.79 Å². The summed E-state index contributed by atoms with van der Waals surface area (Å²) in [6.07, 6.45) is 2.95. The minimum atomic E-state index is 0.187. The van der Waals surface area contributed by atoms with Crippen molar-refractivity contribution in [1.29, 1.82) is 0 Å². The molecule has 0 atom stereocenters. The number of hydrogen-bond acceptors (Lipinski definition) is 3. The quantitative estimate of drug-likeness (QED) is 0.753. The lowest BCUT2D eigenvalue weighted by Crippen LogP contribution is -2.39. The van der Waals surface area contributed by atoms with Crippen LogP contribution in [0.1, 0.15) is 37.4 Å². The van der Waals surface area contributed by atoms with E-state index in [0.717, 1.165) is 23.2 Å². The lowest BCUT2D eigenvalue weighted by molar-refractivity contribution is -0.132. The summed E-state index contributed by atoms with van der Waals surface area (Å²) in [5.74, 6) is 1.33. The van der Waals surface area contributed by atoms with Gasteiger partial charge < -0.3 is 4.90 Å². The van der Waals surface area contributed by atoms with Crippen LogP contribution in [0.25, 0.3) is 0 Å². The molecular formula is C13H19ClN2OS. The van der Waals surface area contributed by atoms with Crippen LogP contribution in [0.5, 0.6) is 0 Å². The third-order valence-corrected chi connectivity index (χ3v) is 4.31. The molecule has 0 N–H and O–H groups in total. The normalized spacial score (nSPS) is 15.1. The molecule has 1 heterocycles. The summed E-state index contributed by atoms with van der Waals surface area (Å²) in [6, 6.07) is 0.269. The second-order valence-corrected chi connectivity index (χ2v) is 6.34. The smallest absolute Gasteiger partial charge is 0.229 e. The second kappa shape index (κ2) is 6.02. The highest BCUT2D eigenvalue weighted by molar-refractivity contribution is 7.09. The van der Waals surface area contributed by atoms with Gasteiger partial charge in [-0.2, -0.15) is 0 Å². The minimum Gasteiger partial charge on any atom is -0.340 e. The number of halogens is 1. The van der Waals surface area contributed by atoms with Crippen molar-refractivity contribution in [2.75, 3.05) is 6.54 Å². The molecule has 1 aliphatic carbocycles. The Hall–Kier alpha value is -0.610. The largest absolute Gasteiger partial charge is 0.340 e. The first-order valence-corrected chi connectivity index (χ1v) is 7.80. The molecule has 2 rings (SSSR count). The van der Waals surface area contributed by atoms with E-state index >= 15 is 0 Å². The van der Waals surface area contributed by atoms with Crippen LogP contribution in [0.2, 0.25) is 0 Å². The molecule has 0 bridgehead atoms. The number of carbonyl (C=O) groups is 1. The highest BCUT2D eigenvalue weighted by atomic mass is 35.5. The van der Waals surface area contributed by atoms with E-state index in [1.807, 2.05) is 10.3 Å². The number of nitrogens with zero attached hydrogens (tertiary/aromatic N) is 2. The van der Waals surface area contributed by atoms with Gasteiger partial charge in [0.15, 0.2) is 0 Å². The van der Waals surface area contributed by atoms with E-state index in [2.05, 4.69) is 18.8 Å². The molecule has 1 fully saturated rings. The maximum atomic E-state index is 12.3. The van der Waals surface area contributed by atoms with Gasteiger partial charge in [-0.1, -0.05) is 0 Å². The lowest BCUT2D eigenvalue weighted by Gasteiger charge is -2.26. The molecule has 0 unspecified atom stereocenters. The van der Waals surface area contributed by atoms with Gasteiger partial charge in [-0.05, 0) is 32.6 Å². The van der Waals surface area contributed by atoms with E-state index in [1.165, 1.54) is 24.2 Å². The van der Waals surface area contributed by atoms with Crippen LogP contribution in [-0.2, 0) is 17.1 Å². The molecule has 1 saturated carbocycles. The summed E-state index contributed by atoms with van der Waals surface area (Å²) >= 11 is 7.24. The predicted molar refractivity (Wildman–Crippen MR) is 74.9 cm³/mol. The highest BCUT2D eigenvalue weighted by Crippen LogP contribution is 2.30. The molecule has 5 heteroatoms. The summed E-state index contributed by atoms with van der Waals surface area (Å²) in [4.78, 5) is 18.6. The zero-order chi connectivity index (χ0) is 13.1. The summed E-state index contributed by atoms with van der Waals surface area (Å²) < 4.78 is 0. The van der Waals surface area contributed by atoms with Crippen LogP contribution in [-0.4, -0.2) is 28.4 Å². The number of hydrogen-bond donors (Lipinski definition) is 0. The van der Waals surface area contributed by atoms with Crippen molar-refractivity contribution in [1.82, 2.24) is 9.88 Å². The summed E-state index contributed by atoms with van der Waals surface area (Å²) in [7, 11) is 0. The molecule has 0 spiro atoms. The van der Waals surface area contributed by atoms with Crippen LogP contribution < -0.4 is 0 Å². The van der Waals surface area contributed by atoms with E-state index in [-0.39, 0.29) is 11.9 Å². The van der Waals surface area contributed by atoms with Gasteiger partial charge in [-0.3, -0.25) is 4.79 Å². The Morgan fingerprint density at radius 2 is 2.33 bits per heavy atom. The number of alkyl halides is 1. The van der Waals surface area contributed by atoms with Gasteiger partial charge in [0.1, 0.15) is 5.01 Å². The van der Waals surface area contributed by atoms with Gasteiger partial charge in [-0.25, -0.2) is 4.98 Å². The van der Waals surface area contributed by atoms with Crippen molar-refractivity contribution in [3.8, 4) is 0 Å². The summed E-state index contributed by atoms with van der Waals surface area (Å²) in [5.41, 5.74) is 0.864. The maximum Gasteiger partial charge on any atom is 0.229 e. The van der Waals surface area contributed by atoms with Crippen LogP contribution in [0.4, 0.5) is 0 Å². The number of thiazole rings is 1. The Bertz CT molecular complexity index is 415. The molecular weight excluding hydrogens is 268 g/mol. The minimum absolute atomic E-state index is 0.187. The monoisotopic (exact) mass is 286 g/mol. The average molecular weight is 287 g/mol. The molecule has 0 radical (unpaired) electrons. The molecule has 0 aliphatic heterocycles. The van der Waals surface area contributed by atoms with Crippen molar-refractivity contribution < 1.29 is 4.79 Å². The molecule has 0 saturated heterocycles. The zero-order valence-corrected chi connectivity index (χ0v) is 12.4. The molecule has 100 valence electrons. The van der Waals surface area contributed by atoms with Crippen molar-refractivity contribution in [3.63, 3.8) is 0 Å². The Morgan fingerprint density at radius 1 is 1.61 bits per heavy atom. The van der Waals surface area contributed by atoms with Crippen molar-refractivity contribution in [2.24, 2.45) is 5.92 Å². The fourth-order valence-corrected chi connectivity index (χ4v) is 2.91. The van der Waals surface area contributed by atoms with E-state index in [0.29, 0.717) is 12.3 Å².